The molecule has 1 aromatic rings. The Morgan fingerprint density at radius 2 is 2.18 bits per heavy atom. The van der Waals surface area contributed by atoms with Crippen LogP contribution in [0.3, 0.4) is 0 Å². The first-order chi connectivity index (χ1) is 8.04. The maximum Gasteiger partial charge on any atom is 0.225 e. The van der Waals surface area contributed by atoms with Crippen molar-refractivity contribution in [1.82, 2.24) is 5.32 Å². The molecule has 0 aliphatic rings. The number of nitrogens with one attached hydrogen (secondary N) is 1. The van der Waals surface area contributed by atoms with Crippen molar-refractivity contribution in [2.45, 2.75) is 19.4 Å². The smallest absolute Gasteiger partial charge is 0.225 e. The molecule has 0 saturated carbocycles. The third-order valence-corrected chi connectivity index (χ3v) is 2.70. The van der Waals surface area contributed by atoms with Gasteiger partial charge in [-0.05, 0) is 13.0 Å². The topological polar surface area (TPSA) is 64.3 Å². The summed E-state index contributed by atoms with van der Waals surface area (Å²) < 4.78 is 5.17. The van der Waals surface area contributed by atoms with E-state index in [0.717, 1.165) is 5.56 Å². The predicted octanol–water partition coefficient (Wildman–Crippen LogP) is 1.03. The maximum atomic E-state index is 11.7. The maximum absolute atomic E-state index is 11.7. The quantitative estimate of drug-likeness (QED) is 0.768. The Morgan fingerprint density at radius 1 is 1.53 bits per heavy atom. The molecule has 0 bridgehead atoms. The van der Waals surface area contributed by atoms with Gasteiger partial charge in [0.1, 0.15) is 5.75 Å². The standard InChI is InChI=1S/C12H16N2O2S/c1-8(12(13)17)14-11(15)7-9-5-3-4-6-10(9)16-2/h3-6,8H,7H2,1-2H3,(H2,13,17)(H,14,15). The van der Waals surface area contributed by atoms with E-state index in [2.05, 4.69) is 5.32 Å². The zero-order chi connectivity index (χ0) is 12.8. The number of rotatable bonds is 5. The first-order valence-electron chi connectivity index (χ1n) is 5.25. The van der Waals surface area contributed by atoms with Crippen molar-refractivity contribution >= 4 is 23.1 Å². The molecule has 1 atom stereocenters. The van der Waals surface area contributed by atoms with Crippen LogP contribution in [0, 0.1) is 0 Å². The number of benzene rings is 1. The summed E-state index contributed by atoms with van der Waals surface area (Å²) >= 11 is 4.79. The highest BCUT2D eigenvalue weighted by molar-refractivity contribution is 7.80. The van der Waals surface area contributed by atoms with E-state index >= 15 is 0 Å². The number of ether oxygens (including phenoxy) is 1. The van der Waals surface area contributed by atoms with Gasteiger partial charge in [0, 0.05) is 5.56 Å². The van der Waals surface area contributed by atoms with Gasteiger partial charge in [-0.25, -0.2) is 0 Å². The molecule has 5 heteroatoms. The molecule has 1 amide bonds. The highest BCUT2D eigenvalue weighted by Crippen LogP contribution is 2.17. The van der Waals surface area contributed by atoms with Crippen LogP contribution in [-0.2, 0) is 11.2 Å². The van der Waals surface area contributed by atoms with Crippen molar-refractivity contribution in [3.05, 3.63) is 29.8 Å². The average Bonchev–Trinajstić information content (AvgIpc) is 2.29. The SMILES string of the molecule is COc1ccccc1CC(=O)NC(C)C(N)=S. The van der Waals surface area contributed by atoms with Crippen molar-refractivity contribution in [2.24, 2.45) is 5.73 Å². The summed E-state index contributed by atoms with van der Waals surface area (Å²) in [5.41, 5.74) is 6.26. The molecule has 3 N–H and O–H groups in total. The van der Waals surface area contributed by atoms with Crippen LogP contribution >= 0.6 is 12.2 Å². The molecule has 1 unspecified atom stereocenters. The van der Waals surface area contributed by atoms with Gasteiger partial charge >= 0.3 is 0 Å². The molecule has 0 radical (unpaired) electrons. The van der Waals surface area contributed by atoms with Gasteiger partial charge in [0.2, 0.25) is 5.91 Å². The van der Waals surface area contributed by atoms with E-state index in [9.17, 15) is 4.79 Å². The van der Waals surface area contributed by atoms with E-state index in [1.54, 1.807) is 14.0 Å². The number of amides is 1. The first kappa shape index (κ1) is 13.4. The van der Waals surface area contributed by atoms with Gasteiger partial charge in [-0.2, -0.15) is 0 Å². The number of carbonyl (C=O) groups is 1. The molecule has 1 rings (SSSR count). The highest BCUT2D eigenvalue weighted by atomic mass is 32.1. The van der Waals surface area contributed by atoms with Crippen LogP contribution in [0.15, 0.2) is 24.3 Å². The lowest BCUT2D eigenvalue weighted by Gasteiger charge is -2.13. The van der Waals surface area contributed by atoms with Crippen LogP contribution in [0.25, 0.3) is 0 Å². The van der Waals surface area contributed by atoms with Gasteiger partial charge in [-0.15, -0.1) is 0 Å². The van der Waals surface area contributed by atoms with Crippen LogP contribution in [0.4, 0.5) is 0 Å². The fourth-order valence-corrected chi connectivity index (χ4v) is 1.44. The van der Waals surface area contributed by atoms with Crippen LogP contribution in [0.1, 0.15) is 12.5 Å². The van der Waals surface area contributed by atoms with Crippen molar-refractivity contribution in [1.29, 1.82) is 0 Å². The van der Waals surface area contributed by atoms with Crippen LogP contribution in [-0.4, -0.2) is 24.0 Å². The second-order valence-corrected chi connectivity index (χ2v) is 4.15. The molecule has 0 heterocycles. The minimum absolute atomic E-state index is 0.130. The summed E-state index contributed by atoms with van der Waals surface area (Å²) in [6.45, 7) is 1.75. The van der Waals surface area contributed by atoms with Crippen molar-refractivity contribution in [3.63, 3.8) is 0 Å². The minimum atomic E-state index is -0.299. The third kappa shape index (κ3) is 4.03. The van der Waals surface area contributed by atoms with E-state index in [-0.39, 0.29) is 23.4 Å². The Bertz CT molecular complexity index is 421. The van der Waals surface area contributed by atoms with Crippen LogP contribution in [0.2, 0.25) is 0 Å². The third-order valence-electron chi connectivity index (χ3n) is 2.35. The largest absolute Gasteiger partial charge is 0.496 e. The molecule has 0 saturated heterocycles. The molecular weight excluding hydrogens is 236 g/mol. The lowest BCUT2D eigenvalue weighted by molar-refractivity contribution is -0.120. The lowest BCUT2D eigenvalue weighted by atomic mass is 10.1. The summed E-state index contributed by atoms with van der Waals surface area (Å²) in [6, 6.07) is 7.09. The van der Waals surface area contributed by atoms with Crippen LogP contribution < -0.4 is 15.8 Å². The van der Waals surface area contributed by atoms with E-state index in [0.29, 0.717) is 5.75 Å². The molecule has 0 spiro atoms. The lowest BCUT2D eigenvalue weighted by Crippen LogP contribution is -2.41. The fourth-order valence-electron chi connectivity index (χ4n) is 1.39. The predicted molar refractivity (Wildman–Crippen MR) is 71.1 cm³/mol. The number of para-hydroxylation sites is 1. The average molecular weight is 252 g/mol. The van der Waals surface area contributed by atoms with Gasteiger partial charge in [0.05, 0.1) is 24.6 Å². The van der Waals surface area contributed by atoms with Gasteiger partial charge in [-0.1, -0.05) is 30.4 Å². The second kappa shape index (κ2) is 6.20. The van der Waals surface area contributed by atoms with Gasteiger partial charge < -0.3 is 15.8 Å². The van der Waals surface area contributed by atoms with Crippen molar-refractivity contribution in [3.8, 4) is 5.75 Å². The number of nitrogens with two attached hydrogens (primary N) is 1. The Labute approximate surface area is 106 Å². The summed E-state index contributed by atoms with van der Waals surface area (Å²) in [5.74, 6) is 0.570. The monoisotopic (exact) mass is 252 g/mol. The zero-order valence-corrected chi connectivity index (χ0v) is 10.7. The van der Waals surface area contributed by atoms with E-state index < -0.39 is 0 Å². The Kier molecular flexibility index (Phi) is 4.90. The molecule has 92 valence electrons. The molecular formula is C12H16N2O2S. The van der Waals surface area contributed by atoms with E-state index in [1.807, 2.05) is 24.3 Å². The van der Waals surface area contributed by atoms with Gasteiger partial charge in [-0.3, -0.25) is 4.79 Å². The molecule has 4 nitrogen and oxygen atoms in total. The highest BCUT2D eigenvalue weighted by Gasteiger charge is 2.12. The molecule has 0 fully saturated rings. The molecule has 0 aliphatic carbocycles. The summed E-state index contributed by atoms with van der Waals surface area (Å²) in [5, 5.41) is 2.72. The fraction of sp³-hybridized carbons (Fsp3) is 0.333. The molecule has 1 aromatic carbocycles. The summed E-state index contributed by atoms with van der Waals surface area (Å²) in [7, 11) is 1.58. The van der Waals surface area contributed by atoms with Crippen molar-refractivity contribution < 1.29 is 9.53 Å². The van der Waals surface area contributed by atoms with Crippen LogP contribution in [0.5, 0.6) is 5.75 Å². The second-order valence-electron chi connectivity index (χ2n) is 3.68. The first-order valence-corrected chi connectivity index (χ1v) is 5.66. The number of methoxy groups -OCH3 is 1. The normalized spacial score (nSPS) is 11.6. The number of thiocarbonyl (C=S) groups is 1. The minimum Gasteiger partial charge on any atom is -0.496 e. The van der Waals surface area contributed by atoms with E-state index in [4.69, 9.17) is 22.7 Å². The Hall–Kier alpha value is -1.62. The Morgan fingerprint density at radius 3 is 2.76 bits per heavy atom. The van der Waals surface area contributed by atoms with Crippen molar-refractivity contribution in [2.75, 3.05) is 7.11 Å². The summed E-state index contributed by atoms with van der Waals surface area (Å²) in [6.07, 6.45) is 0.247. The molecule has 17 heavy (non-hydrogen) atoms. The number of hydrogen-bond donors (Lipinski definition) is 2. The zero-order valence-electron chi connectivity index (χ0n) is 9.90. The Balaban J connectivity index is 2.65. The molecule has 0 aliphatic heterocycles. The van der Waals surface area contributed by atoms with Gasteiger partial charge in [0.15, 0.2) is 0 Å². The van der Waals surface area contributed by atoms with E-state index in [1.165, 1.54) is 0 Å². The summed E-state index contributed by atoms with van der Waals surface area (Å²) in [4.78, 5) is 12.0. The number of hydrogen-bond acceptors (Lipinski definition) is 3. The number of carbonyl (C=O) groups excluding carboxylic acids is 1. The van der Waals surface area contributed by atoms with Gasteiger partial charge in [0.25, 0.3) is 0 Å². The molecule has 0 aromatic heterocycles.